The van der Waals surface area contributed by atoms with Gasteiger partial charge < -0.3 is 19.3 Å². The normalized spacial score (nSPS) is 27.9. The SMILES string of the molecule is COCC[C@@]1(O)CCN(Cc2ccc3c(c2)OCCO3)C[C@@H]1C. The Morgan fingerprint density at radius 2 is 2.09 bits per heavy atom. The average Bonchev–Trinajstić information content (AvgIpc) is 2.57. The topological polar surface area (TPSA) is 51.2 Å². The fourth-order valence-corrected chi connectivity index (χ4v) is 3.48. The third kappa shape index (κ3) is 3.79. The summed E-state index contributed by atoms with van der Waals surface area (Å²) < 4.78 is 16.4. The highest BCUT2D eigenvalue weighted by molar-refractivity contribution is 5.43. The molecule has 1 saturated heterocycles. The number of piperidine rings is 1. The molecule has 0 saturated carbocycles. The van der Waals surface area contributed by atoms with Crippen LogP contribution in [0.3, 0.4) is 0 Å². The molecule has 5 nitrogen and oxygen atoms in total. The Kier molecular flexibility index (Phi) is 5.09. The van der Waals surface area contributed by atoms with E-state index in [2.05, 4.69) is 24.0 Å². The number of nitrogens with zero attached hydrogens (tertiary/aromatic N) is 1. The lowest BCUT2D eigenvalue weighted by Gasteiger charge is -2.43. The Hall–Kier alpha value is -1.30. The van der Waals surface area contributed by atoms with E-state index >= 15 is 0 Å². The van der Waals surface area contributed by atoms with Gasteiger partial charge in [0.1, 0.15) is 13.2 Å². The lowest BCUT2D eigenvalue weighted by atomic mass is 9.80. The summed E-state index contributed by atoms with van der Waals surface area (Å²) in [5.41, 5.74) is 0.628. The first kappa shape index (κ1) is 16.6. The highest BCUT2D eigenvalue weighted by Gasteiger charge is 2.38. The molecule has 2 atom stereocenters. The molecule has 1 aromatic carbocycles. The van der Waals surface area contributed by atoms with Crippen LogP contribution in [0.15, 0.2) is 18.2 Å². The standard InChI is InChI=1S/C18H27NO4/c1-14-12-19(7-5-18(14,20)6-8-21-2)13-15-3-4-16-17(11-15)23-10-9-22-16/h3-4,11,14,20H,5-10,12-13H2,1-2H3/t14-,18-/m0/s1. The summed E-state index contributed by atoms with van der Waals surface area (Å²) in [6.07, 6.45) is 1.50. The Morgan fingerprint density at radius 3 is 2.83 bits per heavy atom. The molecule has 1 aromatic rings. The zero-order valence-electron chi connectivity index (χ0n) is 14.1. The lowest BCUT2D eigenvalue weighted by molar-refractivity contribution is -0.0827. The molecule has 5 heteroatoms. The van der Waals surface area contributed by atoms with Crippen molar-refractivity contribution in [2.24, 2.45) is 5.92 Å². The maximum atomic E-state index is 10.8. The molecule has 1 N–H and O–H groups in total. The summed E-state index contributed by atoms with van der Waals surface area (Å²) in [5, 5.41) is 10.8. The van der Waals surface area contributed by atoms with E-state index in [1.54, 1.807) is 7.11 Å². The number of ether oxygens (including phenoxy) is 3. The van der Waals surface area contributed by atoms with E-state index in [0.717, 1.165) is 37.6 Å². The smallest absolute Gasteiger partial charge is 0.161 e. The molecular formula is C18H27NO4. The van der Waals surface area contributed by atoms with Gasteiger partial charge in [0.05, 0.1) is 5.60 Å². The third-order valence-electron chi connectivity index (χ3n) is 5.06. The number of aliphatic hydroxyl groups is 1. The molecular weight excluding hydrogens is 294 g/mol. The highest BCUT2D eigenvalue weighted by Crippen LogP contribution is 2.34. The zero-order chi connectivity index (χ0) is 16.3. The third-order valence-corrected chi connectivity index (χ3v) is 5.06. The maximum Gasteiger partial charge on any atom is 0.161 e. The molecule has 0 unspecified atom stereocenters. The van der Waals surface area contributed by atoms with E-state index in [0.29, 0.717) is 26.2 Å². The second-order valence-electron chi connectivity index (χ2n) is 6.71. The quantitative estimate of drug-likeness (QED) is 0.900. The molecule has 128 valence electrons. The Morgan fingerprint density at radius 1 is 1.30 bits per heavy atom. The van der Waals surface area contributed by atoms with Gasteiger partial charge in [-0.05, 0) is 36.5 Å². The molecule has 0 aliphatic carbocycles. The van der Waals surface area contributed by atoms with Gasteiger partial charge in [-0.25, -0.2) is 0 Å². The minimum Gasteiger partial charge on any atom is -0.486 e. The van der Waals surface area contributed by atoms with Crippen LogP contribution < -0.4 is 9.47 Å². The monoisotopic (exact) mass is 321 g/mol. The van der Waals surface area contributed by atoms with E-state index in [9.17, 15) is 5.11 Å². The molecule has 0 radical (unpaired) electrons. The highest BCUT2D eigenvalue weighted by atomic mass is 16.6. The van der Waals surface area contributed by atoms with Crippen LogP contribution in [0, 0.1) is 5.92 Å². The zero-order valence-corrected chi connectivity index (χ0v) is 14.1. The molecule has 0 spiro atoms. The summed E-state index contributed by atoms with van der Waals surface area (Å²) >= 11 is 0. The summed E-state index contributed by atoms with van der Waals surface area (Å²) in [6, 6.07) is 6.17. The predicted octanol–water partition coefficient (Wildman–Crippen LogP) is 2.07. The van der Waals surface area contributed by atoms with Gasteiger partial charge in [0, 0.05) is 33.4 Å². The van der Waals surface area contributed by atoms with E-state index < -0.39 is 5.60 Å². The first-order valence-electron chi connectivity index (χ1n) is 8.43. The van der Waals surface area contributed by atoms with Crippen LogP contribution in [-0.2, 0) is 11.3 Å². The van der Waals surface area contributed by atoms with Crippen molar-refractivity contribution in [3.63, 3.8) is 0 Å². The van der Waals surface area contributed by atoms with Crippen molar-refractivity contribution in [2.75, 3.05) is 40.0 Å². The Bertz CT molecular complexity index is 536. The van der Waals surface area contributed by atoms with Gasteiger partial charge in [-0.1, -0.05) is 13.0 Å². The summed E-state index contributed by atoms with van der Waals surface area (Å²) in [4.78, 5) is 2.40. The van der Waals surface area contributed by atoms with Crippen LogP contribution in [0.25, 0.3) is 0 Å². The number of rotatable bonds is 5. The second-order valence-corrected chi connectivity index (χ2v) is 6.71. The van der Waals surface area contributed by atoms with Crippen molar-refractivity contribution in [1.82, 2.24) is 4.90 Å². The van der Waals surface area contributed by atoms with E-state index in [-0.39, 0.29) is 5.92 Å². The molecule has 1 fully saturated rings. The van der Waals surface area contributed by atoms with Crippen LogP contribution in [0.1, 0.15) is 25.3 Å². The van der Waals surface area contributed by atoms with E-state index in [4.69, 9.17) is 14.2 Å². The summed E-state index contributed by atoms with van der Waals surface area (Å²) in [6.45, 7) is 6.66. The number of benzene rings is 1. The van der Waals surface area contributed by atoms with Crippen molar-refractivity contribution in [2.45, 2.75) is 31.9 Å². The Balaban J connectivity index is 1.59. The largest absolute Gasteiger partial charge is 0.486 e. The number of hydrogen-bond donors (Lipinski definition) is 1. The van der Waals surface area contributed by atoms with Crippen molar-refractivity contribution in [3.05, 3.63) is 23.8 Å². The minimum atomic E-state index is -0.598. The van der Waals surface area contributed by atoms with Gasteiger partial charge in [-0.15, -0.1) is 0 Å². The molecule has 2 heterocycles. The van der Waals surface area contributed by atoms with Crippen molar-refractivity contribution in [1.29, 1.82) is 0 Å². The first-order chi connectivity index (χ1) is 11.1. The molecule has 2 aliphatic rings. The van der Waals surface area contributed by atoms with Gasteiger partial charge in [-0.2, -0.15) is 0 Å². The number of hydrogen-bond acceptors (Lipinski definition) is 5. The molecule has 0 bridgehead atoms. The van der Waals surface area contributed by atoms with Crippen LogP contribution in [0.4, 0.5) is 0 Å². The van der Waals surface area contributed by atoms with Crippen molar-refractivity contribution in [3.8, 4) is 11.5 Å². The van der Waals surface area contributed by atoms with Gasteiger partial charge in [-0.3, -0.25) is 4.90 Å². The van der Waals surface area contributed by atoms with Crippen LogP contribution in [-0.4, -0.2) is 55.6 Å². The predicted molar refractivity (Wildman–Crippen MR) is 87.9 cm³/mol. The molecule has 0 aromatic heterocycles. The van der Waals surface area contributed by atoms with Crippen molar-refractivity contribution < 1.29 is 19.3 Å². The van der Waals surface area contributed by atoms with Crippen LogP contribution in [0.2, 0.25) is 0 Å². The number of fused-ring (bicyclic) bond motifs is 1. The first-order valence-corrected chi connectivity index (χ1v) is 8.43. The number of likely N-dealkylation sites (tertiary alicyclic amines) is 1. The molecule has 0 amide bonds. The van der Waals surface area contributed by atoms with Gasteiger partial charge in [0.15, 0.2) is 11.5 Å². The fraction of sp³-hybridized carbons (Fsp3) is 0.667. The van der Waals surface area contributed by atoms with E-state index in [1.165, 1.54) is 5.56 Å². The maximum absolute atomic E-state index is 10.8. The van der Waals surface area contributed by atoms with Gasteiger partial charge in [0.2, 0.25) is 0 Å². The second kappa shape index (κ2) is 7.07. The van der Waals surface area contributed by atoms with Gasteiger partial charge >= 0.3 is 0 Å². The summed E-state index contributed by atoms with van der Waals surface area (Å²) in [7, 11) is 1.69. The molecule has 3 rings (SSSR count). The fourth-order valence-electron chi connectivity index (χ4n) is 3.48. The minimum absolute atomic E-state index is 0.239. The van der Waals surface area contributed by atoms with Crippen LogP contribution in [0.5, 0.6) is 11.5 Å². The summed E-state index contributed by atoms with van der Waals surface area (Å²) in [5.74, 6) is 1.92. The number of methoxy groups -OCH3 is 1. The lowest BCUT2D eigenvalue weighted by Crippen LogP contribution is -2.51. The van der Waals surface area contributed by atoms with Crippen LogP contribution >= 0.6 is 0 Å². The molecule has 2 aliphatic heterocycles. The van der Waals surface area contributed by atoms with Crippen molar-refractivity contribution >= 4 is 0 Å². The van der Waals surface area contributed by atoms with E-state index in [1.807, 2.05) is 6.07 Å². The average molecular weight is 321 g/mol. The molecule has 23 heavy (non-hydrogen) atoms. The van der Waals surface area contributed by atoms with Gasteiger partial charge in [0.25, 0.3) is 0 Å². The Labute approximate surface area is 138 Å².